The second-order valence-electron chi connectivity index (χ2n) is 8.30. The summed E-state index contributed by atoms with van der Waals surface area (Å²) in [7, 11) is 0. The summed E-state index contributed by atoms with van der Waals surface area (Å²) in [6, 6.07) is 12.8. The first-order valence-corrected chi connectivity index (χ1v) is 10.8. The SMILES string of the molecule is CC(C)O.NC(=O)C1C2C(=O)N(c3ccc(Cl)cc3)C(=O)C2C2C=Cc3ccccc3N21. The molecule has 166 valence electrons. The number of imide groups is 1. The van der Waals surface area contributed by atoms with Crippen LogP contribution in [0.2, 0.25) is 5.02 Å². The van der Waals surface area contributed by atoms with Crippen molar-refractivity contribution in [3.8, 4) is 0 Å². The average Bonchev–Trinajstić information content (AvgIpc) is 3.22. The van der Waals surface area contributed by atoms with Crippen LogP contribution in [0.4, 0.5) is 11.4 Å². The number of hydrogen-bond acceptors (Lipinski definition) is 5. The molecule has 2 aromatic carbocycles. The third-order valence-corrected chi connectivity index (χ3v) is 6.04. The summed E-state index contributed by atoms with van der Waals surface area (Å²) >= 11 is 5.93. The van der Waals surface area contributed by atoms with E-state index in [1.54, 1.807) is 38.1 Å². The number of carbonyl (C=O) groups is 3. The second kappa shape index (κ2) is 8.41. The van der Waals surface area contributed by atoms with E-state index in [1.807, 2.05) is 41.3 Å². The number of halogens is 1. The maximum absolute atomic E-state index is 13.3. The highest BCUT2D eigenvalue weighted by Gasteiger charge is 2.64. The second-order valence-corrected chi connectivity index (χ2v) is 8.73. The molecule has 2 aromatic rings. The maximum atomic E-state index is 13.3. The zero-order chi connectivity index (χ0) is 23.2. The van der Waals surface area contributed by atoms with E-state index in [1.165, 1.54) is 0 Å². The van der Waals surface area contributed by atoms with E-state index in [9.17, 15) is 14.4 Å². The van der Waals surface area contributed by atoms with Crippen LogP contribution in [0.25, 0.3) is 6.08 Å². The van der Waals surface area contributed by atoms with Gasteiger partial charge in [-0.3, -0.25) is 14.4 Å². The number of nitrogens with two attached hydrogens (primary N) is 1. The molecule has 7 nitrogen and oxygen atoms in total. The highest BCUT2D eigenvalue weighted by atomic mass is 35.5. The van der Waals surface area contributed by atoms with Gasteiger partial charge in [-0.05, 0) is 49.7 Å². The zero-order valence-electron chi connectivity index (χ0n) is 17.7. The molecule has 0 radical (unpaired) electrons. The van der Waals surface area contributed by atoms with Crippen LogP contribution < -0.4 is 15.5 Å². The molecule has 2 fully saturated rings. The lowest BCUT2D eigenvalue weighted by molar-refractivity contribution is -0.127. The van der Waals surface area contributed by atoms with Crippen molar-refractivity contribution in [2.75, 3.05) is 9.80 Å². The fourth-order valence-corrected chi connectivity index (χ4v) is 4.81. The van der Waals surface area contributed by atoms with Gasteiger partial charge in [0.25, 0.3) is 0 Å². The molecule has 0 bridgehead atoms. The van der Waals surface area contributed by atoms with Crippen molar-refractivity contribution in [1.82, 2.24) is 0 Å². The van der Waals surface area contributed by atoms with Gasteiger partial charge in [0.05, 0.1) is 23.6 Å². The molecular formula is C24H24ClN3O4. The summed E-state index contributed by atoms with van der Waals surface area (Å²) in [5.41, 5.74) is 7.92. The van der Waals surface area contributed by atoms with Gasteiger partial charge in [-0.25, -0.2) is 4.90 Å². The number of fused-ring (bicyclic) bond motifs is 5. The minimum atomic E-state index is -0.880. The summed E-state index contributed by atoms with van der Waals surface area (Å²) in [4.78, 5) is 41.9. The summed E-state index contributed by atoms with van der Waals surface area (Å²) in [6.45, 7) is 3.44. The minimum Gasteiger partial charge on any atom is -0.394 e. The van der Waals surface area contributed by atoms with Crippen molar-refractivity contribution in [1.29, 1.82) is 0 Å². The Labute approximate surface area is 191 Å². The van der Waals surface area contributed by atoms with E-state index >= 15 is 0 Å². The first-order chi connectivity index (χ1) is 15.2. The number of hydrogen-bond donors (Lipinski definition) is 2. The summed E-state index contributed by atoms with van der Waals surface area (Å²) in [5, 5.41) is 8.57. The minimum absolute atomic E-state index is 0.167. The Hall–Kier alpha value is -3.16. The molecule has 0 aromatic heterocycles. The first-order valence-electron chi connectivity index (χ1n) is 10.4. The van der Waals surface area contributed by atoms with Gasteiger partial charge in [0.1, 0.15) is 6.04 Å². The predicted molar refractivity (Wildman–Crippen MR) is 123 cm³/mol. The predicted octanol–water partition coefficient (Wildman–Crippen LogP) is 2.60. The van der Waals surface area contributed by atoms with Gasteiger partial charge in [0.2, 0.25) is 17.7 Å². The van der Waals surface area contributed by atoms with Crippen molar-refractivity contribution in [2.45, 2.75) is 32.0 Å². The monoisotopic (exact) mass is 453 g/mol. The number of para-hydroxylation sites is 1. The fraction of sp³-hybridized carbons (Fsp3) is 0.292. The lowest BCUT2D eigenvalue weighted by atomic mass is 9.88. The number of primary amides is 1. The Bertz CT molecular complexity index is 1100. The van der Waals surface area contributed by atoms with Crippen LogP contribution in [-0.2, 0) is 14.4 Å². The van der Waals surface area contributed by atoms with Crippen molar-refractivity contribution in [2.24, 2.45) is 17.6 Å². The molecule has 32 heavy (non-hydrogen) atoms. The van der Waals surface area contributed by atoms with Crippen LogP contribution in [0.1, 0.15) is 19.4 Å². The van der Waals surface area contributed by atoms with Crippen molar-refractivity contribution in [3.05, 3.63) is 65.2 Å². The van der Waals surface area contributed by atoms with Crippen LogP contribution in [0.15, 0.2) is 54.6 Å². The topological polar surface area (TPSA) is 104 Å². The molecule has 3 aliphatic heterocycles. The zero-order valence-corrected chi connectivity index (χ0v) is 18.4. The van der Waals surface area contributed by atoms with Crippen molar-refractivity contribution < 1.29 is 19.5 Å². The fourth-order valence-electron chi connectivity index (χ4n) is 4.68. The number of carbonyl (C=O) groups excluding carboxylic acids is 3. The van der Waals surface area contributed by atoms with Crippen LogP contribution in [-0.4, -0.2) is 41.0 Å². The van der Waals surface area contributed by atoms with Gasteiger partial charge in [-0.15, -0.1) is 0 Å². The first kappa shape index (κ1) is 22.0. The quantitative estimate of drug-likeness (QED) is 0.680. The number of amides is 3. The standard InChI is InChI=1S/C21H16ClN3O3.C3H8O/c22-12-6-8-13(9-7-12)24-20(27)16-15-10-5-11-3-1-2-4-14(11)25(15)18(19(23)26)17(16)21(24)28;1-3(2)4/h1-10,15-18H,(H2,23,26);3-4H,1-2H3. The van der Waals surface area contributed by atoms with Crippen molar-refractivity contribution in [3.63, 3.8) is 0 Å². The summed E-state index contributed by atoms with van der Waals surface area (Å²) in [5.74, 6) is -2.81. The molecule has 4 unspecified atom stereocenters. The Kier molecular flexibility index (Phi) is 5.79. The third kappa shape index (κ3) is 3.57. The molecule has 3 N–H and O–H groups in total. The molecule has 0 aliphatic carbocycles. The van der Waals surface area contributed by atoms with Gasteiger partial charge in [0, 0.05) is 16.8 Å². The maximum Gasteiger partial charge on any atom is 0.241 e. The highest BCUT2D eigenvalue weighted by Crippen LogP contribution is 2.48. The van der Waals surface area contributed by atoms with Gasteiger partial charge in [-0.1, -0.05) is 42.0 Å². The van der Waals surface area contributed by atoms with E-state index in [0.29, 0.717) is 10.7 Å². The highest BCUT2D eigenvalue weighted by molar-refractivity contribution is 6.31. The summed E-state index contributed by atoms with van der Waals surface area (Å²) in [6.07, 6.45) is 3.65. The van der Waals surface area contributed by atoms with Gasteiger partial charge in [-0.2, -0.15) is 0 Å². The van der Waals surface area contributed by atoms with Gasteiger partial charge >= 0.3 is 0 Å². The normalized spacial score (nSPS) is 25.3. The third-order valence-electron chi connectivity index (χ3n) is 5.79. The Morgan fingerprint density at radius 1 is 1.03 bits per heavy atom. The molecule has 5 rings (SSSR count). The number of rotatable bonds is 2. The lowest BCUT2D eigenvalue weighted by Crippen LogP contribution is -2.50. The molecule has 3 heterocycles. The Morgan fingerprint density at radius 3 is 2.25 bits per heavy atom. The molecule has 4 atom stereocenters. The van der Waals surface area contributed by atoms with E-state index in [0.717, 1.165) is 16.2 Å². The van der Waals surface area contributed by atoms with Crippen LogP contribution in [0, 0.1) is 11.8 Å². The molecule has 8 heteroatoms. The molecule has 3 amide bonds. The number of aliphatic hydroxyl groups excluding tert-OH is 1. The van der Waals surface area contributed by atoms with Crippen LogP contribution in [0.3, 0.4) is 0 Å². The lowest BCUT2D eigenvalue weighted by Gasteiger charge is -2.35. The van der Waals surface area contributed by atoms with Gasteiger partial charge < -0.3 is 15.7 Å². The number of aliphatic hydroxyl groups is 1. The molecule has 0 spiro atoms. The average molecular weight is 454 g/mol. The van der Waals surface area contributed by atoms with Crippen LogP contribution in [0.5, 0.6) is 0 Å². The van der Waals surface area contributed by atoms with E-state index in [2.05, 4.69) is 0 Å². The van der Waals surface area contributed by atoms with E-state index < -0.39 is 35.7 Å². The summed E-state index contributed by atoms with van der Waals surface area (Å²) < 4.78 is 0. The Balaban J connectivity index is 0.000000567. The molecule has 3 aliphatic rings. The van der Waals surface area contributed by atoms with E-state index in [4.69, 9.17) is 22.4 Å². The largest absolute Gasteiger partial charge is 0.394 e. The number of nitrogens with zero attached hydrogens (tertiary/aromatic N) is 2. The Morgan fingerprint density at radius 2 is 1.62 bits per heavy atom. The molecular weight excluding hydrogens is 430 g/mol. The van der Waals surface area contributed by atoms with E-state index in [-0.39, 0.29) is 12.0 Å². The number of anilines is 2. The van der Waals surface area contributed by atoms with Crippen molar-refractivity contribution >= 4 is 46.8 Å². The van der Waals surface area contributed by atoms with Gasteiger partial charge in [0.15, 0.2) is 0 Å². The smallest absolute Gasteiger partial charge is 0.241 e. The number of benzene rings is 2. The van der Waals surface area contributed by atoms with Crippen LogP contribution >= 0.6 is 11.6 Å². The molecule has 0 saturated carbocycles. The molecule has 2 saturated heterocycles.